The van der Waals surface area contributed by atoms with Crippen LogP contribution in [0.25, 0.3) is 0 Å². The van der Waals surface area contributed by atoms with Gasteiger partial charge in [-0.3, -0.25) is 14.4 Å². The van der Waals surface area contributed by atoms with Crippen LogP contribution in [0.2, 0.25) is 0 Å². The lowest BCUT2D eigenvalue weighted by molar-refractivity contribution is -0.195. The van der Waals surface area contributed by atoms with E-state index in [0.717, 1.165) is 38.5 Å². The van der Waals surface area contributed by atoms with Gasteiger partial charge in [0.15, 0.2) is 0 Å². The average molecular weight is 419 g/mol. The van der Waals surface area contributed by atoms with Gasteiger partial charge in [-0.25, -0.2) is 0 Å². The zero-order valence-electron chi connectivity index (χ0n) is 19.2. The second-order valence-corrected chi connectivity index (χ2v) is 11.1. The second kappa shape index (κ2) is 7.63. The summed E-state index contributed by atoms with van der Waals surface area (Å²) in [6.07, 6.45) is 8.00. The van der Waals surface area contributed by atoms with Crippen LogP contribution >= 0.6 is 0 Å². The molecule has 0 heterocycles. The lowest BCUT2D eigenvalue weighted by Gasteiger charge is -2.62. The number of hydrogen-bond donors (Lipinski definition) is 0. The molecule has 0 N–H and O–H groups in total. The number of Topliss-reactive ketones (excluding diaryl/α,β-unsaturated/α-hetero) is 1. The highest BCUT2D eigenvalue weighted by atomic mass is 16.5. The summed E-state index contributed by atoms with van der Waals surface area (Å²) in [5.41, 5.74) is -0.0512. The summed E-state index contributed by atoms with van der Waals surface area (Å²) >= 11 is 0. The highest BCUT2D eigenvalue weighted by molar-refractivity contribution is 5.80. The first-order valence-corrected chi connectivity index (χ1v) is 11.9. The van der Waals surface area contributed by atoms with Crippen molar-refractivity contribution in [2.75, 3.05) is 0 Å². The van der Waals surface area contributed by atoms with Crippen LogP contribution in [0.5, 0.6) is 0 Å². The molecular formula is C25H38O5. The Labute approximate surface area is 180 Å². The van der Waals surface area contributed by atoms with Crippen molar-refractivity contribution in [3.05, 3.63) is 0 Å². The first-order chi connectivity index (χ1) is 14.1. The van der Waals surface area contributed by atoms with Gasteiger partial charge in [0.05, 0.1) is 0 Å². The highest BCUT2D eigenvalue weighted by Gasteiger charge is 2.65. The Bertz CT molecular complexity index is 731. The summed E-state index contributed by atoms with van der Waals surface area (Å²) in [7, 11) is 0. The molecule has 4 saturated carbocycles. The first kappa shape index (κ1) is 21.8. The second-order valence-electron chi connectivity index (χ2n) is 11.1. The van der Waals surface area contributed by atoms with E-state index in [1.807, 2.05) is 0 Å². The summed E-state index contributed by atoms with van der Waals surface area (Å²) in [6, 6.07) is 0. The van der Waals surface area contributed by atoms with Crippen LogP contribution in [-0.2, 0) is 23.9 Å². The largest absolute Gasteiger partial charge is 0.463 e. The summed E-state index contributed by atoms with van der Waals surface area (Å²) in [5, 5.41) is 0. The quantitative estimate of drug-likeness (QED) is 0.621. The summed E-state index contributed by atoms with van der Waals surface area (Å²) in [6.45, 7) is 9.37. The molecule has 168 valence electrons. The van der Waals surface area contributed by atoms with Gasteiger partial charge in [-0.2, -0.15) is 0 Å². The SMILES string of the molecule is CC(=O)O[C@H]1CC[C@@]2(C)[C@@H](CC[C@@H]3[C@@H]2C[C@@H](OC(C)=O)[C@]2(C)[C@@H](C(C)=O)CC[C@@H]32)C1. The predicted molar refractivity (Wildman–Crippen MR) is 112 cm³/mol. The molecule has 5 heteroatoms. The Hall–Kier alpha value is -1.39. The van der Waals surface area contributed by atoms with Crippen LogP contribution in [0.3, 0.4) is 0 Å². The predicted octanol–water partition coefficient (Wildman–Crippen LogP) is 4.71. The van der Waals surface area contributed by atoms with Crippen molar-refractivity contribution in [2.45, 2.75) is 98.2 Å². The Morgan fingerprint density at radius 3 is 2.13 bits per heavy atom. The molecule has 4 aliphatic rings. The van der Waals surface area contributed by atoms with Crippen molar-refractivity contribution in [1.82, 2.24) is 0 Å². The molecule has 5 nitrogen and oxygen atoms in total. The van der Waals surface area contributed by atoms with Gasteiger partial charge in [0.2, 0.25) is 0 Å². The molecule has 4 aliphatic carbocycles. The maximum absolute atomic E-state index is 12.5. The van der Waals surface area contributed by atoms with E-state index in [1.54, 1.807) is 6.92 Å². The molecule has 9 atom stereocenters. The third kappa shape index (κ3) is 3.31. The number of ether oxygens (including phenoxy) is 2. The minimum atomic E-state index is -0.239. The van der Waals surface area contributed by atoms with Gasteiger partial charge in [-0.15, -0.1) is 0 Å². The van der Waals surface area contributed by atoms with Crippen molar-refractivity contribution in [2.24, 2.45) is 40.4 Å². The molecule has 0 amide bonds. The van der Waals surface area contributed by atoms with Crippen molar-refractivity contribution in [3.8, 4) is 0 Å². The fourth-order valence-corrected chi connectivity index (χ4v) is 8.53. The Morgan fingerprint density at radius 2 is 1.50 bits per heavy atom. The Kier molecular flexibility index (Phi) is 5.55. The van der Waals surface area contributed by atoms with Crippen molar-refractivity contribution in [3.63, 3.8) is 0 Å². The van der Waals surface area contributed by atoms with Gasteiger partial charge in [0.25, 0.3) is 0 Å². The summed E-state index contributed by atoms with van der Waals surface area (Å²) in [4.78, 5) is 36.0. The number of carbonyl (C=O) groups is 3. The van der Waals surface area contributed by atoms with Crippen molar-refractivity contribution in [1.29, 1.82) is 0 Å². The number of fused-ring (bicyclic) bond motifs is 5. The zero-order valence-corrected chi connectivity index (χ0v) is 19.2. The maximum Gasteiger partial charge on any atom is 0.302 e. The van der Waals surface area contributed by atoms with Crippen molar-refractivity contribution < 1.29 is 23.9 Å². The lowest BCUT2D eigenvalue weighted by Crippen LogP contribution is -2.59. The third-order valence-electron chi connectivity index (χ3n) is 9.82. The molecule has 4 rings (SSSR count). The van der Waals surface area contributed by atoms with E-state index in [4.69, 9.17) is 9.47 Å². The normalized spacial score (nSPS) is 47.4. The van der Waals surface area contributed by atoms with Crippen LogP contribution in [-0.4, -0.2) is 29.9 Å². The molecule has 0 aromatic heterocycles. The van der Waals surface area contributed by atoms with Crippen LogP contribution in [0, 0.1) is 40.4 Å². The van der Waals surface area contributed by atoms with Crippen LogP contribution < -0.4 is 0 Å². The van der Waals surface area contributed by atoms with E-state index in [2.05, 4.69) is 13.8 Å². The van der Waals surface area contributed by atoms with E-state index in [1.165, 1.54) is 26.7 Å². The number of carbonyl (C=O) groups excluding carboxylic acids is 3. The fourth-order valence-electron chi connectivity index (χ4n) is 8.53. The number of hydrogen-bond acceptors (Lipinski definition) is 5. The van der Waals surface area contributed by atoms with Gasteiger partial charge in [0.1, 0.15) is 18.0 Å². The number of esters is 2. The molecule has 0 aromatic rings. The minimum absolute atomic E-state index is 0.00182. The highest BCUT2D eigenvalue weighted by Crippen LogP contribution is 2.68. The average Bonchev–Trinajstić information content (AvgIpc) is 3.01. The molecule has 0 aliphatic heterocycles. The Morgan fingerprint density at radius 1 is 0.800 bits per heavy atom. The van der Waals surface area contributed by atoms with Gasteiger partial charge in [-0.05, 0) is 87.4 Å². The molecule has 0 spiro atoms. The molecule has 0 unspecified atom stereocenters. The molecule has 0 saturated heterocycles. The first-order valence-electron chi connectivity index (χ1n) is 11.9. The third-order valence-corrected chi connectivity index (χ3v) is 9.82. The van der Waals surface area contributed by atoms with E-state index in [9.17, 15) is 14.4 Å². The van der Waals surface area contributed by atoms with Crippen LogP contribution in [0.15, 0.2) is 0 Å². The van der Waals surface area contributed by atoms with Gasteiger partial charge >= 0.3 is 11.9 Å². The van der Waals surface area contributed by atoms with E-state index in [-0.39, 0.29) is 46.7 Å². The smallest absolute Gasteiger partial charge is 0.302 e. The molecular weight excluding hydrogens is 380 g/mol. The van der Waals surface area contributed by atoms with Crippen LogP contribution in [0.4, 0.5) is 0 Å². The fraction of sp³-hybridized carbons (Fsp3) is 0.880. The number of ketones is 1. The van der Waals surface area contributed by atoms with Gasteiger partial charge < -0.3 is 9.47 Å². The zero-order chi connectivity index (χ0) is 21.8. The van der Waals surface area contributed by atoms with Gasteiger partial charge in [-0.1, -0.05) is 13.8 Å². The lowest BCUT2D eigenvalue weighted by atomic mass is 9.44. The van der Waals surface area contributed by atoms with E-state index in [0.29, 0.717) is 23.7 Å². The number of rotatable bonds is 3. The van der Waals surface area contributed by atoms with Crippen molar-refractivity contribution >= 4 is 17.7 Å². The summed E-state index contributed by atoms with van der Waals surface area (Å²) < 4.78 is 11.6. The summed E-state index contributed by atoms with van der Waals surface area (Å²) in [5.74, 6) is 1.92. The van der Waals surface area contributed by atoms with E-state index < -0.39 is 0 Å². The standard InChI is InChI=1S/C25H38O5/c1-14(26)20-8-9-21-19-7-6-17-12-18(29-15(2)27)10-11-24(17,4)22(19)13-23(25(20,21)5)30-16(3)28/h17-23H,6-13H2,1-5H3/t17-,18-,19-,20+,21-,22-,23+,24-,25+/m0/s1. The molecule has 30 heavy (non-hydrogen) atoms. The molecule has 0 radical (unpaired) electrons. The van der Waals surface area contributed by atoms with Crippen LogP contribution in [0.1, 0.15) is 86.0 Å². The maximum atomic E-state index is 12.5. The Balaban J connectivity index is 1.64. The topological polar surface area (TPSA) is 69.7 Å². The monoisotopic (exact) mass is 418 g/mol. The molecule has 4 fully saturated rings. The molecule has 0 aromatic carbocycles. The van der Waals surface area contributed by atoms with Gasteiger partial charge in [0, 0.05) is 25.2 Å². The molecule has 0 bridgehead atoms. The minimum Gasteiger partial charge on any atom is -0.463 e. The van der Waals surface area contributed by atoms with E-state index >= 15 is 0 Å².